The van der Waals surface area contributed by atoms with E-state index in [9.17, 15) is 8.42 Å². The average Bonchev–Trinajstić information content (AvgIpc) is 2.82. The van der Waals surface area contributed by atoms with Crippen LogP contribution in [-0.2, 0) is 15.6 Å². The Morgan fingerprint density at radius 3 is 2.68 bits per heavy atom. The van der Waals surface area contributed by atoms with Crippen molar-refractivity contribution in [3.8, 4) is 6.01 Å². The summed E-state index contributed by atoms with van der Waals surface area (Å²) < 4.78 is 32.7. The summed E-state index contributed by atoms with van der Waals surface area (Å²) in [7, 11) is -2.23. The lowest BCUT2D eigenvalue weighted by Gasteiger charge is -2.04. The quantitative estimate of drug-likeness (QED) is 0.857. The van der Waals surface area contributed by atoms with Gasteiger partial charge in [-0.2, -0.15) is 4.98 Å². The van der Waals surface area contributed by atoms with Gasteiger partial charge < -0.3 is 4.74 Å². The molecule has 102 valence electrons. The highest BCUT2D eigenvalue weighted by molar-refractivity contribution is 7.92. The van der Waals surface area contributed by atoms with Crippen LogP contribution in [0.15, 0.2) is 22.5 Å². The van der Waals surface area contributed by atoms with Crippen molar-refractivity contribution in [3.05, 3.63) is 33.8 Å². The Morgan fingerprint density at radius 2 is 2.11 bits per heavy atom. The summed E-state index contributed by atoms with van der Waals surface area (Å²) in [5.41, 5.74) is 0.459. The molecule has 2 aromatic rings. The lowest BCUT2D eigenvalue weighted by Crippen LogP contribution is -2.05. The Hall–Kier alpha value is -0.890. The zero-order valence-electron chi connectivity index (χ0n) is 9.63. The van der Waals surface area contributed by atoms with E-state index in [2.05, 4.69) is 9.36 Å². The third-order valence-corrected chi connectivity index (χ3v) is 5.58. The molecule has 9 heteroatoms. The van der Waals surface area contributed by atoms with E-state index in [-0.39, 0.29) is 16.1 Å². The van der Waals surface area contributed by atoms with E-state index in [0.717, 1.165) is 11.5 Å². The first-order valence-corrected chi connectivity index (χ1v) is 8.15. The smallest absolute Gasteiger partial charge is 0.329 e. The zero-order chi connectivity index (χ0) is 14.0. The van der Waals surface area contributed by atoms with Gasteiger partial charge in [0.2, 0.25) is 14.2 Å². The van der Waals surface area contributed by atoms with Gasteiger partial charge in [0.25, 0.3) is 0 Å². The minimum Gasteiger partial charge on any atom is -0.466 e. The maximum atomic E-state index is 12.1. The number of sulfone groups is 1. The second-order valence-electron chi connectivity index (χ2n) is 3.54. The SMILES string of the molecule is COc1nsc(S(=O)(=O)Cc2ccc(Cl)cc2Cl)n1. The molecule has 0 amide bonds. The van der Waals surface area contributed by atoms with Crippen molar-refractivity contribution in [2.75, 3.05) is 7.11 Å². The molecule has 5 nitrogen and oxygen atoms in total. The molecule has 0 radical (unpaired) electrons. The van der Waals surface area contributed by atoms with Gasteiger partial charge in [0.1, 0.15) is 0 Å². The molecule has 0 aliphatic rings. The van der Waals surface area contributed by atoms with Crippen molar-refractivity contribution in [1.82, 2.24) is 9.36 Å². The molecule has 0 spiro atoms. The van der Waals surface area contributed by atoms with Crippen molar-refractivity contribution in [3.63, 3.8) is 0 Å². The minimum absolute atomic E-state index is 0.0331. The average molecular weight is 339 g/mol. The number of halogens is 2. The Balaban J connectivity index is 2.30. The van der Waals surface area contributed by atoms with E-state index < -0.39 is 9.84 Å². The van der Waals surface area contributed by atoms with E-state index >= 15 is 0 Å². The van der Waals surface area contributed by atoms with Crippen molar-refractivity contribution < 1.29 is 13.2 Å². The van der Waals surface area contributed by atoms with Crippen molar-refractivity contribution >= 4 is 44.6 Å². The van der Waals surface area contributed by atoms with Gasteiger partial charge in [0.15, 0.2) is 0 Å². The molecule has 0 N–H and O–H groups in total. The van der Waals surface area contributed by atoms with Crippen molar-refractivity contribution in [2.24, 2.45) is 0 Å². The number of hydrogen-bond acceptors (Lipinski definition) is 6. The highest BCUT2D eigenvalue weighted by Gasteiger charge is 2.22. The summed E-state index contributed by atoms with van der Waals surface area (Å²) in [5.74, 6) is -0.263. The second-order valence-corrected chi connectivity index (χ2v) is 7.30. The van der Waals surface area contributed by atoms with Crippen molar-refractivity contribution in [1.29, 1.82) is 0 Å². The van der Waals surface area contributed by atoms with Crippen LogP contribution in [0.4, 0.5) is 0 Å². The van der Waals surface area contributed by atoms with Gasteiger partial charge in [-0.1, -0.05) is 29.3 Å². The molecule has 0 unspecified atom stereocenters. The first kappa shape index (κ1) is 14.5. The number of methoxy groups -OCH3 is 1. The Labute approximate surface area is 124 Å². The monoisotopic (exact) mass is 338 g/mol. The van der Waals surface area contributed by atoms with Crippen LogP contribution in [0.3, 0.4) is 0 Å². The summed E-state index contributed by atoms with van der Waals surface area (Å²) in [6.07, 6.45) is 0. The Morgan fingerprint density at radius 1 is 1.37 bits per heavy atom. The van der Waals surface area contributed by atoms with Gasteiger partial charge in [0, 0.05) is 21.6 Å². The van der Waals surface area contributed by atoms with Gasteiger partial charge in [-0.05, 0) is 17.7 Å². The molecule has 1 heterocycles. The van der Waals surface area contributed by atoms with Crippen LogP contribution in [0, 0.1) is 0 Å². The lowest BCUT2D eigenvalue weighted by molar-refractivity contribution is 0.383. The first-order valence-electron chi connectivity index (χ1n) is 4.97. The molecule has 0 bridgehead atoms. The van der Waals surface area contributed by atoms with Crippen LogP contribution >= 0.6 is 34.7 Å². The number of ether oxygens (including phenoxy) is 1. The molecular formula is C10H8Cl2N2O3S2. The molecule has 1 aromatic carbocycles. The third-order valence-electron chi connectivity index (χ3n) is 2.20. The predicted octanol–water partition coefficient (Wildman–Crippen LogP) is 2.83. The second kappa shape index (κ2) is 5.62. The molecule has 19 heavy (non-hydrogen) atoms. The van der Waals surface area contributed by atoms with Crippen LogP contribution < -0.4 is 4.74 Å². The van der Waals surface area contributed by atoms with Gasteiger partial charge in [0.05, 0.1) is 12.9 Å². The topological polar surface area (TPSA) is 69.2 Å². The van der Waals surface area contributed by atoms with E-state index in [4.69, 9.17) is 27.9 Å². The number of rotatable bonds is 4. The Kier molecular flexibility index (Phi) is 4.29. The van der Waals surface area contributed by atoms with Gasteiger partial charge in [-0.3, -0.25) is 0 Å². The number of hydrogen-bond donors (Lipinski definition) is 0. The van der Waals surface area contributed by atoms with Crippen LogP contribution in [-0.4, -0.2) is 24.9 Å². The summed E-state index contributed by atoms with van der Waals surface area (Å²) in [4.78, 5) is 3.77. The highest BCUT2D eigenvalue weighted by atomic mass is 35.5. The van der Waals surface area contributed by atoms with Gasteiger partial charge in [-0.15, -0.1) is 4.37 Å². The molecule has 0 aliphatic carbocycles. The van der Waals surface area contributed by atoms with Crippen molar-refractivity contribution in [2.45, 2.75) is 10.1 Å². The predicted molar refractivity (Wildman–Crippen MR) is 73.8 cm³/mol. The maximum Gasteiger partial charge on any atom is 0.329 e. The number of benzene rings is 1. The van der Waals surface area contributed by atoms with E-state index in [1.54, 1.807) is 12.1 Å². The molecule has 0 saturated carbocycles. The maximum absolute atomic E-state index is 12.1. The first-order chi connectivity index (χ1) is 8.92. The van der Waals surface area contributed by atoms with E-state index in [0.29, 0.717) is 15.6 Å². The summed E-state index contributed by atoms with van der Waals surface area (Å²) in [6, 6.07) is 4.68. The van der Waals surface area contributed by atoms with E-state index in [1.165, 1.54) is 13.2 Å². The molecule has 0 atom stereocenters. The van der Waals surface area contributed by atoms with Gasteiger partial charge >= 0.3 is 6.01 Å². The van der Waals surface area contributed by atoms with Crippen LogP contribution in [0.25, 0.3) is 0 Å². The molecule has 1 aromatic heterocycles. The lowest BCUT2D eigenvalue weighted by atomic mass is 10.2. The fourth-order valence-corrected chi connectivity index (χ4v) is 4.00. The molecule has 2 rings (SSSR count). The standard InChI is InChI=1S/C10H8Cl2N2O3S2/c1-17-9-13-10(18-14-9)19(15,16)5-6-2-3-7(11)4-8(6)12/h2-4H,5H2,1H3. The molecule has 0 fully saturated rings. The summed E-state index contributed by atoms with van der Waals surface area (Å²) >= 11 is 12.5. The summed E-state index contributed by atoms with van der Waals surface area (Å²) in [5, 5.41) is 0.747. The Bertz CT molecular complexity index is 701. The van der Waals surface area contributed by atoms with Crippen LogP contribution in [0.5, 0.6) is 6.01 Å². The zero-order valence-corrected chi connectivity index (χ0v) is 12.8. The van der Waals surface area contributed by atoms with Crippen LogP contribution in [0.1, 0.15) is 5.56 Å². The third kappa shape index (κ3) is 3.36. The highest BCUT2D eigenvalue weighted by Crippen LogP contribution is 2.26. The number of nitrogens with zero attached hydrogens (tertiary/aromatic N) is 2. The normalized spacial score (nSPS) is 11.5. The molecular weight excluding hydrogens is 331 g/mol. The van der Waals surface area contributed by atoms with Crippen LogP contribution in [0.2, 0.25) is 10.0 Å². The fourth-order valence-electron chi connectivity index (χ4n) is 1.31. The fraction of sp³-hybridized carbons (Fsp3) is 0.200. The minimum atomic E-state index is -3.60. The molecule has 0 saturated heterocycles. The largest absolute Gasteiger partial charge is 0.466 e. The molecule has 0 aliphatic heterocycles. The van der Waals surface area contributed by atoms with Gasteiger partial charge in [-0.25, -0.2) is 8.42 Å². The van der Waals surface area contributed by atoms with E-state index in [1.807, 2.05) is 0 Å². The summed E-state index contributed by atoms with van der Waals surface area (Å²) in [6.45, 7) is 0. The number of aromatic nitrogens is 2.